The predicted octanol–water partition coefficient (Wildman–Crippen LogP) is 3.34. The smallest absolute Gasteiger partial charge is 0.258 e. The summed E-state index contributed by atoms with van der Waals surface area (Å²) in [5.74, 6) is 0.0981. The molecule has 0 bridgehead atoms. The van der Waals surface area contributed by atoms with Gasteiger partial charge in [0.1, 0.15) is 0 Å². The monoisotopic (exact) mass is 336 g/mol. The summed E-state index contributed by atoms with van der Waals surface area (Å²) in [5, 5.41) is 0. The number of carbonyl (C=O) groups excluding carboxylic acids is 1. The molecule has 2 aromatic rings. The van der Waals surface area contributed by atoms with Gasteiger partial charge < -0.3 is 14.5 Å². The van der Waals surface area contributed by atoms with E-state index in [1.54, 1.807) is 0 Å². The van der Waals surface area contributed by atoms with Gasteiger partial charge in [0.05, 0.1) is 13.2 Å². The molecule has 2 aromatic carbocycles. The average Bonchev–Trinajstić information content (AvgIpc) is 3.07. The second kappa shape index (κ2) is 6.52. The minimum atomic E-state index is 0.0981. The van der Waals surface area contributed by atoms with E-state index in [0.717, 1.165) is 56.1 Å². The number of amides is 1. The first-order valence-electron chi connectivity index (χ1n) is 8.98. The van der Waals surface area contributed by atoms with Crippen LogP contribution in [-0.4, -0.2) is 38.8 Å². The SMILES string of the molecule is Cc1ccc(C(=O)N2CCc3cc(N4CCOCC4)ccc32)cc1C. The largest absolute Gasteiger partial charge is 0.378 e. The van der Waals surface area contributed by atoms with Crippen molar-refractivity contribution in [3.63, 3.8) is 0 Å². The van der Waals surface area contributed by atoms with Crippen molar-refractivity contribution in [3.05, 3.63) is 58.7 Å². The standard InChI is InChI=1S/C21H24N2O2/c1-15-3-4-18(13-16(15)2)21(24)23-8-7-17-14-19(5-6-20(17)23)22-9-11-25-12-10-22/h3-6,13-14H,7-12H2,1-2H3. The highest BCUT2D eigenvalue weighted by atomic mass is 16.5. The van der Waals surface area contributed by atoms with E-state index in [0.29, 0.717) is 0 Å². The minimum absolute atomic E-state index is 0.0981. The van der Waals surface area contributed by atoms with Gasteiger partial charge in [-0.2, -0.15) is 0 Å². The zero-order valence-electron chi connectivity index (χ0n) is 14.9. The van der Waals surface area contributed by atoms with Crippen LogP contribution in [0.25, 0.3) is 0 Å². The highest BCUT2D eigenvalue weighted by molar-refractivity contribution is 6.07. The molecule has 1 saturated heterocycles. The average molecular weight is 336 g/mol. The molecular weight excluding hydrogens is 312 g/mol. The Bertz CT molecular complexity index is 810. The van der Waals surface area contributed by atoms with Crippen molar-refractivity contribution in [1.82, 2.24) is 0 Å². The van der Waals surface area contributed by atoms with Gasteiger partial charge in [-0.25, -0.2) is 0 Å². The molecule has 0 unspecified atom stereocenters. The van der Waals surface area contributed by atoms with Crippen molar-refractivity contribution in [1.29, 1.82) is 0 Å². The molecule has 0 N–H and O–H groups in total. The summed E-state index contributed by atoms with van der Waals surface area (Å²) in [6, 6.07) is 12.4. The van der Waals surface area contributed by atoms with Gasteiger partial charge >= 0.3 is 0 Å². The van der Waals surface area contributed by atoms with Crippen molar-refractivity contribution in [2.45, 2.75) is 20.3 Å². The molecule has 0 atom stereocenters. The Labute approximate surface area is 149 Å². The van der Waals surface area contributed by atoms with E-state index < -0.39 is 0 Å². The predicted molar refractivity (Wildman–Crippen MR) is 101 cm³/mol. The fourth-order valence-corrected chi connectivity index (χ4v) is 3.65. The number of aryl methyl sites for hydroxylation is 2. The molecule has 130 valence electrons. The summed E-state index contributed by atoms with van der Waals surface area (Å²) in [4.78, 5) is 17.2. The van der Waals surface area contributed by atoms with E-state index in [4.69, 9.17) is 4.74 Å². The first-order chi connectivity index (χ1) is 12.1. The number of anilines is 2. The van der Waals surface area contributed by atoms with Gasteiger partial charge in [0.2, 0.25) is 0 Å². The van der Waals surface area contributed by atoms with E-state index in [-0.39, 0.29) is 5.91 Å². The van der Waals surface area contributed by atoms with Crippen LogP contribution in [-0.2, 0) is 11.2 Å². The van der Waals surface area contributed by atoms with Gasteiger partial charge in [-0.1, -0.05) is 6.07 Å². The highest BCUT2D eigenvalue weighted by Crippen LogP contribution is 2.33. The van der Waals surface area contributed by atoms with Crippen LogP contribution in [0.4, 0.5) is 11.4 Å². The lowest BCUT2D eigenvalue weighted by Crippen LogP contribution is -2.36. The normalized spacial score (nSPS) is 16.9. The molecule has 2 aliphatic heterocycles. The number of morpholine rings is 1. The van der Waals surface area contributed by atoms with Crippen LogP contribution < -0.4 is 9.80 Å². The first-order valence-corrected chi connectivity index (χ1v) is 8.98. The van der Waals surface area contributed by atoms with Crippen LogP contribution in [0, 0.1) is 13.8 Å². The number of carbonyl (C=O) groups is 1. The summed E-state index contributed by atoms with van der Waals surface area (Å²) >= 11 is 0. The van der Waals surface area contributed by atoms with E-state index in [2.05, 4.69) is 36.9 Å². The highest BCUT2D eigenvalue weighted by Gasteiger charge is 2.26. The zero-order valence-corrected chi connectivity index (χ0v) is 14.9. The molecule has 0 radical (unpaired) electrons. The molecule has 1 fully saturated rings. The third-order valence-electron chi connectivity index (χ3n) is 5.33. The lowest BCUT2D eigenvalue weighted by Gasteiger charge is -2.29. The molecular formula is C21H24N2O2. The number of nitrogens with zero attached hydrogens (tertiary/aromatic N) is 2. The molecule has 4 nitrogen and oxygen atoms in total. The Morgan fingerprint density at radius 2 is 1.76 bits per heavy atom. The summed E-state index contributed by atoms with van der Waals surface area (Å²) in [6.07, 6.45) is 0.921. The Balaban J connectivity index is 1.58. The zero-order chi connectivity index (χ0) is 17.4. The Kier molecular flexibility index (Phi) is 4.22. The maximum absolute atomic E-state index is 13.0. The van der Waals surface area contributed by atoms with Crippen molar-refractivity contribution in [2.75, 3.05) is 42.6 Å². The van der Waals surface area contributed by atoms with Crippen LogP contribution in [0.2, 0.25) is 0 Å². The number of hydrogen-bond donors (Lipinski definition) is 0. The van der Waals surface area contributed by atoms with Gasteiger partial charge in [-0.05, 0) is 67.3 Å². The summed E-state index contributed by atoms with van der Waals surface area (Å²) in [5.41, 5.74) is 6.71. The maximum atomic E-state index is 13.0. The van der Waals surface area contributed by atoms with Gasteiger partial charge in [-0.3, -0.25) is 4.79 Å². The van der Waals surface area contributed by atoms with Gasteiger partial charge in [0.25, 0.3) is 5.91 Å². The number of ether oxygens (including phenoxy) is 1. The van der Waals surface area contributed by atoms with Crippen molar-refractivity contribution in [2.24, 2.45) is 0 Å². The van der Waals surface area contributed by atoms with Crippen LogP contribution in [0.5, 0.6) is 0 Å². The second-order valence-corrected chi connectivity index (χ2v) is 6.92. The Hall–Kier alpha value is -2.33. The molecule has 0 aliphatic carbocycles. The molecule has 0 saturated carbocycles. The summed E-state index contributed by atoms with van der Waals surface area (Å²) < 4.78 is 5.43. The Morgan fingerprint density at radius 1 is 0.960 bits per heavy atom. The molecule has 1 amide bonds. The first kappa shape index (κ1) is 16.2. The van der Waals surface area contributed by atoms with Gasteiger partial charge in [0.15, 0.2) is 0 Å². The topological polar surface area (TPSA) is 32.8 Å². The quantitative estimate of drug-likeness (QED) is 0.843. The molecule has 0 spiro atoms. The summed E-state index contributed by atoms with van der Waals surface area (Å²) in [6.45, 7) is 8.32. The second-order valence-electron chi connectivity index (χ2n) is 6.92. The maximum Gasteiger partial charge on any atom is 0.258 e. The van der Waals surface area contributed by atoms with E-state index in [9.17, 15) is 4.79 Å². The fourth-order valence-electron chi connectivity index (χ4n) is 3.65. The molecule has 25 heavy (non-hydrogen) atoms. The molecule has 2 heterocycles. The van der Waals surface area contributed by atoms with E-state index >= 15 is 0 Å². The molecule has 4 heteroatoms. The van der Waals surface area contributed by atoms with Crippen molar-refractivity contribution >= 4 is 17.3 Å². The van der Waals surface area contributed by atoms with Crippen molar-refractivity contribution in [3.8, 4) is 0 Å². The minimum Gasteiger partial charge on any atom is -0.378 e. The van der Waals surface area contributed by atoms with Gasteiger partial charge in [-0.15, -0.1) is 0 Å². The number of fused-ring (bicyclic) bond motifs is 1. The Morgan fingerprint density at radius 3 is 2.52 bits per heavy atom. The summed E-state index contributed by atoms with van der Waals surface area (Å²) in [7, 11) is 0. The van der Waals surface area contributed by atoms with Gasteiger partial charge in [0, 0.05) is 36.6 Å². The van der Waals surface area contributed by atoms with Crippen LogP contribution >= 0.6 is 0 Å². The lowest BCUT2D eigenvalue weighted by molar-refractivity contribution is 0.0989. The number of benzene rings is 2. The molecule has 2 aliphatic rings. The number of hydrogen-bond acceptors (Lipinski definition) is 3. The van der Waals surface area contributed by atoms with E-state index in [1.165, 1.54) is 16.8 Å². The van der Waals surface area contributed by atoms with Crippen molar-refractivity contribution < 1.29 is 9.53 Å². The molecule has 0 aromatic heterocycles. The molecule has 4 rings (SSSR count). The lowest BCUT2D eigenvalue weighted by atomic mass is 10.1. The fraction of sp³-hybridized carbons (Fsp3) is 0.381. The van der Waals surface area contributed by atoms with Crippen LogP contribution in [0.15, 0.2) is 36.4 Å². The van der Waals surface area contributed by atoms with E-state index in [1.807, 2.05) is 23.1 Å². The third kappa shape index (κ3) is 3.02. The number of rotatable bonds is 2. The van der Waals surface area contributed by atoms with Crippen LogP contribution in [0.1, 0.15) is 27.0 Å². The van der Waals surface area contributed by atoms with Crippen LogP contribution in [0.3, 0.4) is 0 Å². The third-order valence-corrected chi connectivity index (χ3v) is 5.33.